The fourth-order valence-electron chi connectivity index (χ4n) is 6.07. The zero-order chi connectivity index (χ0) is 34.9. The largest absolute Gasteiger partial charge is 0.458 e. The summed E-state index contributed by atoms with van der Waals surface area (Å²) in [5.74, 6) is -1.44. The van der Waals surface area contributed by atoms with Gasteiger partial charge in [0.2, 0.25) is 0 Å². The molecule has 0 N–H and O–H groups in total. The summed E-state index contributed by atoms with van der Waals surface area (Å²) < 4.78 is 15.3. The van der Waals surface area contributed by atoms with Crippen LogP contribution in [0.1, 0.15) is 54.5 Å². The number of carbonyl (C=O) groups excluding carboxylic acids is 2. The van der Waals surface area contributed by atoms with Crippen LogP contribution in [0.5, 0.6) is 0 Å². The molecule has 5 aromatic rings. The maximum Gasteiger partial charge on any atom is 0.338 e. The standard InChI is InChI=1S/C40H43N2O5P/c1-28(2)41-32-26-18-19-27-33(32)42(38(41)45)34(36(43)46-39(3,4)5)35(37(44)47-40(6,7)8)48(29-20-12-9-13-21-29,30-22-14-10-15-23-30)31-24-16-11-17-25-31/h9-27,34H,1H2,2-8H3. The van der Waals surface area contributed by atoms with Crippen LogP contribution >= 0.6 is 6.89 Å². The first-order valence-corrected chi connectivity index (χ1v) is 17.7. The second-order valence-electron chi connectivity index (χ2n) is 13.7. The highest BCUT2D eigenvalue weighted by atomic mass is 31.2. The second-order valence-corrected chi connectivity index (χ2v) is 17.1. The molecule has 0 spiro atoms. The Balaban J connectivity index is 2.15. The number of esters is 2. The van der Waals surface area contributed by atoms with Gasteiger partial charge in [0.25, 0.3) is 0 Å². The van der Waals surface area contributed by atoms with Crippen molar-refractivity contribution in [1.82, 2.24) is 9.13 Å². The van der Waals surface area contributed by atoms with Crippen LogP contribution < -0.4 is 21.6 Å². The molecule has 48 heavy (non-hydrogen) atoms. The summed E-state index contributed by atoms with van der Waals surface area (Å²) in [5.41, 5.74) is -0.931. The number of aromatic nitrogens is 2. The van der Waals surface area contributed by atoms with E-state index in [2.05, 4.69) is 6.58 Å². The quantitative estimate of drug-likeness (QED) is 0.137. The Morgan fingerprint density at radius 2 is 1.04 bits per heavy atom. The van der Waals surface area contributed by atoms with Gasteiger partial charge < -0.3 is 9.47 Å². The molecule has 0 saturated heterocycles. The molecule has 0 bridgehead atoms. The molecule has 5 rings (SSSR count). The maximum absolute atomic E-state index is 15.2. The predicted octanol–water partition coefficient (Wildman–Crippen LogP) is 6.68. The molecule has 248 valence electrons. The van der Waals surface area contributed by atoms with E-state index in [0.717, 1.165) is 15.9 Å². The summed E-state index contributed by atoms with van der Waals surface area (Å²) in [4.78, 5) is 44.9. The summed E-state index contributed by atoms with van der Waals surface area (Å²) in [6.45, 7) is 13.2. The first-order chi connectivity index (χ1) is 22.7. The van der Waals surface area contributed by atoms with E-state index in [9.17, 15) is 9.59 Å². The van der Waals surface area contributed by atoms with Crippen molar-refractivity contribution in [3.63, 3.8) is 0 Å². The summed E-state index contributed by atoms with van der Waals surface area (Å²) >= 11 is 0. The highest BCUT2D eigenvalue weighted by Gasteiger charge is 2.45. The second kappa shape index (κ2) is 13.3. The van der Waals surface area contributed by atoms with E-state index in [1.165, 1.54) is 9.13 Å². The number of hydrogen-bond donors (Lipinski definition) is 0. The molecule has 0 amide bonds. The number of para-hydroxylation sites is 2. The number of carbonyl (C=O) groups is 2. The zero-order valence-corrected chi connectivity index (χ0v) is 29.5. The lowest BCUT2D eigenvalue weighted by molar-refractivity contribution is -0.158. The van der Waals surface area contributed by atoms with Gasteiger partial charge in [0.05, 0.1) is 16.3 Å². The van der Waals surface area contributed by atoms with Crippen LogP contribution in [-0.2, 0) is 19.1 Å². The van der Waals surface area contributed by atoms with Crippen LogP contribution in [0.2, 0.25) is 0 Å². The van der Waals surface area contributed by atoms with E-state index >= 15 is 4.79 Å². The van der Waals surface area contributed by atoms with Gasteiger partial charge in [-0.3, -0.25) is 9.13 Å². The van der Waals surface area contributed by atoms with Gasteiger partial charge in [0, 0.05) is 5.70 Å². The molecule has 0 aliphatic carbocycles. The Morgan fingerprint density at radius 1 is 0.646 bits per heavy atom. The summed E-state index contributed by atoms with van der Waals surface area (Å²) in [6.07, 6.45) is 0. The number of allylic oxidation sites excluding steroid dienone is 1. The molecule has 4 aromatic carbocycles. The molecule has 1 aromatic heterocycles. The van der Waals surface area contributed by atoms with E-state index in [4.69, 9.17) is 9.47 Å². The number of imidazole rings is 1. The van der Waals surface area contributed by atoms with Crippen LogP contribution in [0.3, 0.4) is 0 Å². The maximum atomic E-state index is 15.2. The SMILES string of the molecule is C=C(C)n1c(=O)n(C(C(=O)OC(C)(C)C)C(C(=O)OC(C)(C)C)=P(c2ccccc2)(c2ccccc2)c2ccccc2)c2ccccc21. The van der Waals surface area contributed by atoms with Gasteiger partial charge >= 0.3 is 17.6 Å². The van der Waals surface area contributed by atoms with Crippen molar-refractivity contribution >= 4 is 56.8 Å². The summed E-state index contributed by atoms with van der Waals surface area (Å²) in [7, 11) is 0. The monoisotopic (exact) mass is 662 g/mol. The minimum Gasteiger partial charge on any atom is -0.458 e. The molecule has 1 atom stereocenters. The smallest absolute Gasteiger partial charge is 0.338 e. The molecule has 0 fully saturated rings. The van der Waals surface area contributed by atoms with Gasteiger partial charge in [0.15, 0.2) is 6.04 Å². The summed E-state index contributed by atoms with van der Waals surface area (Å²) in [6, 6.07) is 34.8. The minimum absolute atomic E-state index is 0.127. The molecule has 1 heterocycles. The van der Waals surface area contributed by atoms with Crippen LogP contribution in [0.25, 0.3) is 16.7 Å². The Kier molecular flexibility index (Phi) is 9.57. The van der Waals surface area contributed by atoms with E-state index in [-0.39, 0.29) is 5.29 Å². The molecule has 0 radical (unpaired) electrons. The average Bonchev–Trinajstić information content (AvgIpc) is 3.32. The normalized spacial score (nSPS) is 12.7. The van der Waals surface area contributed by atoms with Gasteiger partial charge in [-0.05, 0) is 83.4 Å². The molecule has 0 aliphatic heterocycles. The van der Waals surface area contributed by atoms with Crippen LogP contribution in [-0.4, -0.2) is 37.6 Å². The number of hydrogen-bond acceptors (Lipinski definition) is 5. The molecule has 1 unspecified atom stereocenters. The zero-order valence-electron chi connectivity index (χ0n) is 28.6. The molecular weight excluding hydrogens is 619 g/mol. The van der Waals surface area contributed by atoms with Crippen molar-refractivity contribution in [1.29, 1.82) is 0 Å². The third-order valence-electron chi connectivity index (χ3n) is 7.71. The Labute approximate surface area is 282 Å². The lowest BCUT2D eigenvalue weighted by atomic mass is 10.1. The molecule has 0 saturated carbocycles. The number of rotatable bonds is 8. The molecule has 0 aliphatic rings. The topological polar surface area (TPSA) is 79.5 Å². The first-order valence-electron chi connectivity index (χ1n) is 15.9. The van der Waals surface area contributed by atoms with Crippen LogP contribution in [0.15, 0.2) is 127 Å². The molecule has 7 nitrogen and oxygen atoms in total. The van der Waals surface area contributed by atoms with E-state index in [0.29, 0.717) is 16.7 Å². The van der Waals surface area contributed by atoms with Crippen molar-refractivity contribution in [2.24, 2.45) is 0 Å². The van der Waals surface area contributed by atoms with E-state index in [1.54, 1.807) is 66.7 Å². The highest BCUT2D eigenvalue weighted by Crippen LogP contribution is 2.49. The number of benzene rings is 4. The van der Waals surface area contributed by atoms with Gasteiger partial charge in [0.1, 0.15) is 11.2 Å². The fraction of sp³-hybridized carbons (Fsp3) is 0.250. The van der Waals surface area contributed by atoms with Gasteiger partial charge in [-0.15, -0.1) is 0 Å². The van der Waals surface area contributed by atoms with Crippen molar-refractivity contribution in [2.45, 2.75) is 65.7 Å². The van der Waals surface area contributed by atoms with Gasteiger partial charge in [-0.2, -0.15) is 0 Å². The molecule has 8 heteroatoms. The first kappa shape index (κ1) is 34.5. The third kappa shape index (κ3) is 6.61. The minimum atomic E-state index is -3.31. The van der Waals surface area contributed by atoms with Crippen molar-refractivity contribution in [2.75, 3.05) is 0 Å². The van der Waals surface area contributed by atoms with Crippen LogP contribution in [0, 0.1) is 0 Å². The lowest BCUT2D eigenvalue weighted by Gasteiger charge is -2.36. The molecular formula is C40H43N2O5P. The van der Waals surface area contributed by atoms with E-state index in [1.807, 2.05) is 97.1 Å². The van der Waals surface area contributed by atoms with Crippen molar-refractivity contribution in [3.8, 4) is 0 Å². The predicted molar refractivity (Wildman–Crippen MR) is 198 cm³/mol. The highest BCUT2D eigenvalue weighted by molar-refractivity contribution is 7.96. The number of fused-ring (bicyclic) bond motifs is 1. The number of nitrogens with zero attached hydrogens (tertiary/aromatic N) is 2. The van der Waals surface area contributed by atoms with Crippen molar-refractivity contribution < 1.29 is 19.1 Å². The average molecular weight is 663 g/mol. The van der Waals surface area contributed by atoms with Crippen molar-refractivity contribution in [3.05, 3.63) is 132 Å². The Hall–Kier alpha value is -4.87. The Bertz CT molecular complexity index is 1980. The van der Waals surface area contributed by atoms with Gasteiger partial charge in [-0.1, -0.05) is 110 Å². The van der Waals surface area contributed by atoms with E-state index < -0.39 is 41.8 Å². The van der Waals surface area contributed by atoms with Crippen LogP contribution in [0.4, 0.5) is 0 Å². The fourth-order valence-corrected chi connectivity index (χ4v) is 10.6. The van der Waals surface area contributed by atoms with Gasteiger partial charge in [-0.25, -0.2) is 14.4 Å². The Morgan fingerprint density at radius 3 is 1.44 bits per heavy atom. The third-order valence-corrected chi connectivity index (χ3v) is 12.1. The number of ether oxygens (including phenoxy) is 2. The lowest BCUT2D eigenvalue weighted by Crippen LogP contribution is -2.47. The summed E-state index contributed by atoms with van der Waals surface area (Å²) in [5, 5.41) is 2.57.